The minimum atomic E-state index is -0.0989. The minimum Gasteiger partial charge on any atom is -0.322 e. The number of hydrogen-bond donors (Lipinski definition) is 1. The van der Waals surface area contributed by atoms with Gasteiger partial charge in [0.15, 0.2) is 0 Å². The highest BCUT2D eigenvalue weighted by Gasteiger charge is 2.11. The van der Waals surface area contributed by atoms with Crippen LogP contribution in [0.3, 0.4) is 0 Å². The van der Waals surface area contributed by atoms with Crippen LogP contribution in [0, 0.1) is 0 Å². The smallest absolute Gasteiger partial charge is 0.255 e. The molecule has 0 aliphatic carbocycles. The van der Waals surface area contributed by atoms with Crippen molar-refractivity contribution in [1.29, 1.82) is 0 Å². The first-order valence-electron chi connectivity index (χ1n) is 6.52. The first-order chi connectivity index (χ1) is 9.22. The second-order valence-electron chi connectivity index (χ2n) is 4.59. The van der Waals surface area contributed by atoms with Crippen molar-refractivity contribution in [3.8, 4) is 0 Å². The molecule has 1 amide bonds. The van der Waals surface area contributed by atoms with Crippen molar-refractivity contribution in [2.24, 2.45) is 0 Å². The predicted molar refractivity (Wildman–Crippen MR) is 77.3 cm³/mol. The summed E-state index contributed by atoms with van der Waals surface area (Å²) in [5.74, 6) is 0.326. The molecule has 0 radical (unpaired) electrons. The van der Waals surface area contributed by atoms with Crippen molar-refractivity contribution in [3.05, 3.63) is 59.9 Å². The average molecular weight is 254 g/mol. The van der Waals surface area contributed by atoms with Gasteiger partial charge in [-0.1, -0.05) is 32.0 Å². The Labute approximate surface area is 113 Å². The largest absolute Gasteiger partial charge is 0.322 e. The van der Waals surface area contributed by atoms with Crippen LogP contribution in [0.1, 0.15) is 42.1 Å². The Morgan fingerprint density at radius 3 is 2.58 bits per heavy atom. The summed E-state index contributed by atoms with van der Waals surface area (Å²) < 4.78 is 0. The Bertz CT molecular complexity index is 552. The van der Waals surface area contributed by atoms with E-state index in [1.807, 2.05) is 18.2 Å². The maximum atomic E-state index is 12.1. The summed E-state index contributed by atoms with van der Waals surface area (Å²) in [6, 6.07) is 11.4. The molecule has 3 heteroatoms. The maximum absolute atomic E-state index is 12.1. The lowest BCUT2D eigenvalue weighted by Crippen LogP contribution is -2.13. The molecule has 0 bridgehead atoms. The minimum absolute atomic E-state index is 0.0989. The van der Waals surface area contributed by atoms with Gasteiger partial charge in [-0.05, 0) is 36.1 Å². The van der Waals surface area contributed by atoms with Crippen molar-refractivity contribution >= 4 is 11.6 Å². The molecule has 1 aromatic carbocycles. The number of benzene rings is 1. The van der Waals surface area contributed by atoms with Crippen LogP contribution in [0.4, 0.5) is 5.69 Å². The number of anilines is 1. The van der Waals surface area contributed by atoms with E-state index in [0.717, 1.165) is 12.1 Å². The zero-order valence-electron chi connectivity index (χ0n) is 11.3. The van der Waals surface area contributed by atoms with E-state index >= 15 is 0 Å². The Balaban J connectivity index is 2.22. The van der Waals surface area contributed by atoms with Gasteiger partial charge in [-0.3, -0.25) is 9.78 Å². The highest BCUT2D eigenvalue weighted by Crippen LogP contribution is 2.26. The Morgan fingerprint density at radius 2 is 1.89 bits per heavy atom. The molecule has 0 aliphatic rings. The summed E-state index contributed by atoms with van der Waals surface area (Å²) in [5, 5.41) is 2.98. The first kappa shape index (κ1) is 13.3. The van der Waals surface area contributed by atoms with Gasteiger partial charge >= 0.3 is 0 Å². The topological polar surface area (TPSA) is 42.0 Å². The number of para-hydroxylation sites is 1. The van der Waals surface area contributed by atoms with Gasteiger partial charge < -0.3 is 5.32 Å². The van der Waals surface area contributed by atoms with Gasteiger partial charge in [-0.2, -0.15) is 0 Å². The van der Waals surface area contributed by atoms with Crippen LogP contribution >= 0.6 is 0 Å². The number of carbonyl (C=O) groups excluding carboxylic acids is 1. The van der Waals surface area contributed by atoms with Gasteiger partial charge in [0.1, 0.15) is 0 Å². The third-order valence-corrected chi connectivity index (χ3v) is 3.29. The number of nitrogens with one attached hydrogen (secondary N) is 1. The fourth-order valence-electron chi connectivity index (χ4n) is 1.96. The third kappa shape index (κ3) is 3.19. The number of pyridine rings is 1. The van der Waals surface area contributed by atoms with Gasteiger partial charge in [-0.15, -0.1) is 0 Å². The standard InChI is InChI=1S/C16H18N2O/c1-3-12(2)14-6-4-5-7-15(14)18-16(19)13-8-10-17-11-9-13/h4-12H,3H2,1-2H3,(H,18,19)/t12-/m1/s1. The van der Waals surface area contributed by atoms with Crippen LogP contribution in [0.5, 0.6) is 0 Å². The molecule has 98 valence electrons. The summed E-state index contributed by atoms with van der Waals surface area (Å²) in [4.78, 5) is 16.1. The van der Waals surface area contributed by atoms with E-state index in [4.69, 9.17) is 0 Å². The molecular weight excluding hydrogens is 236 g/mol. The molecule has 0 fully saturated rings. The molecule has 0 unspecified atom stereocenters. The lowest BCUT2D eigenvalue weighted by molar-refractivity contribution is 0.102. The summed E-state index contributed by atoms with van der Waals surface area (Å²) in [7, 11) is 0. The van der Waals surface area contributed by atoms with Crippen molar-refractivity contribution in [2.75, 3.05) is 5.32 Å². The summed E-state index contributed by atoms with van der Waals surface area (Å²) >= 11 is 0. The Hall–Kier alpha value is -2.16. The lowest BCUT2D eigenvalue weighted by Gasteiger charge is -2.15. The van der Waals surface area contributed by atoms with Crippen LogP contribution in [-0.2, 0) is 0 Å². The molecule has 0 saturated heterocycles. The Morgan fingerprint density at radius 1 is 1.21 bits per heavy atom. The highest BCUT2D eigenvalue weighted by molar-refractivity contribution is 6.04. The normalized spacial score (nSPS) is 11.9. The van der Waals surface area contributed by atoms with E-state index in [1.54, 1.807) is 24.5 Å². The third-order valence-electron chi connectivity index (χ3n) is 3.29. The number of hydrogen-bond acceptors (Lipinski definition) is 2. The van der Waals surface area contributed by atoms with Crippen LogP contribution < -0.4 is 5.32 Å². The summed E-state index contributed by atoms with van der Waals surface area (Å²) in [6.07, 6.45) is 4.28. The molecule has 0 saturated carbocycles. The van der Waals surface area contributed by atoms with Crippen molar-refractivity contribution < 1.29 is 4.79 Å². The number of nitrogens with zero attached hydrogens (tertiary/aromatic N) is 1. The molecule has 19 heavy (non-hydrogen) atoms. The molecule has 1 N–H and O–H groups in total. The van der Waals surface area contributed by atoms with E-state index in [2.05, 4.69) is 30.2 Å². The number of rotatable bonds is 4. The first-order valence-corrected chi connectivity index (χ1v) is 6.52. The molecule has 2 rings (SSSR count). The second-order valence-corrected chi connectivity index (χ2v) is 4.59. The fraction of sp³-hybridized carbons (Fsp3) is 0.250. The van der Waals surface area contributed by atoms with Gasteiger partial charge in [-0.25, -0.2) is 0 Å². The molecule has 2 aromatic rings. The van der Waals surface area contributed by atoms with E-state index in [1.165, 1.54) is 5.56 Å². The van der Waals surface area contributed by atoms with Crippen LogP contribution in [0.15, 0.2) is 48.8 Å². The van der Waals surface area contributed by atoms with E-state index in [-0.39, 0.29) is 5.91 Å². The molecular formula is C16H18N2O. The number of carbonyl (C=O) groups is 1. The zero-order chi connectivity index (χ0) is 13.7. The van der Waals surface area contributed by atoms with Gasteiger partial charge in [0.2, 0.25) is 0 Å². The highest BCUT2D eigenvalue weighted by atomic mass is 16.1. The predicted octanol–water partition coefficient (Wildman–Crippen LogP) is 3.85. The van der Waals surface area contributed by atoms with Crippen LogP contribution in [0.2, 0.25) is 0 Å². The summed E-state index contributed by atoms with van der Waals surface area (Å²) in [6.45, 7) is 4.31. The Kier molecular flexibility index (Phi) is 4.29. The van der Waals surface area contributed by atoms with Crippen molar-refractivity contribution in [1.82, 2.24) is 4.98 Å². The zero-order valence-corrected chi connectivity index (χ0v) is 11.3. The second kappa shape index (κ2) is 6.14. The van der Waals surface area contributed by atoms with Gasteiger partial charge in [0.05, 0.1) is 0 Å². The maximum Gasteiger partial charge on any atom is 0.255 e. The van der Waals surface area contributed by atoms with Crippen molar-refractivity contribution in [3.63, 3.8) is 0 Å². The van der Waals surface area contributed by atoms with Gasteiger partial charge in [0.25, 0.3) is 5.91 Å². The van der Waals surface area contributed by atoms with E-state index in [9.17, 15) is 4.79 Å². The average Bonchev–Trinajstić information content (AvgIpc) is 2.48. The van der Waals surface area contributed by atoms with Crippen LogP contribution in [-0.4, -0.2) is 10.9 Å². The van der Waals surface area contributed by atoms with E-state index in [0.29, 0.717) is 11.5 Å². The lowest BCUT2D eigenvalue weighted by atomic mass is 9.97. The summed E-state index contributed by atoms with van der Waals surface area (Å²) in [5.41, 5.74) is 2.68. The van der Waals surface area contributed by atoms with Crippen molar-refractivity contribution in [2.45, 2.75) is 26.2 Å². The molecule has 0 spiro atoms. The molecule has 3 nitrogen and oxygen atoms in total. The molecule has 0 aliphatic heterocycles. The SMILES string of the molecule is CC[C@@H](C)c1ccccc1NC(=O)c1ccncc1. The monoisotopic (exact) mass is 254 g/mol. The van der Waals surface area contributed by atoms with Crippen LogP contribution in [0.25, 0.3) is 0 Å². The van der Waals surface area contributed by atoms with Gasteiger partial charge in [0, 0.05) is 23.6 Å². The molecule has 1 aromatic heterocycles. The molecule has 1 heterocycles. The molecule has 1 atom stereocenters. The number of aromatic nitrogens is 1. The fourth-order valence-corrected chi connectivity index (χ4v) is 1.96. The quantitative estimate of drug-likeness (QED) is 0.900. The van der Waals surface area contributed by atoms with E-state index < -0.39 is 0 Å². The number of amides is 1.